The fourth-order valence-corrected chi connectivity index (χ4v) is 3.22. The zero-order valence-electron chi connectivity index (χ0n) is 11.8. The average molecular weight is 275 g/mol. The Kier molecular flexibility index (Phi) is 3.76. The Hall–Kier alpha value is -1.39. The molecule has 2 aliphatic heterocycles. The van der Waals surface area contributed by atoms with Crippen LogP contribution in [0.15, 0.2) is 18.2 Å². The summed E-state index contributed by atoms with van der Waals surface area (Å²) in [4.78, 5) is 14.5. The molecule has 0 radical (unpaired) electrons. The minimum absolute atomic E-state index is 0.122. The van der Waals surface area contributed by atoms with Gasteiger partial charge in [0.15, 0.2) is 5.78 Å². The second-order valence-electron chi connectivity index (χ2n) is 5.83. The Morgan fingerprint density at radius 2 is 2.35 bits per heavy atom. The number of ketones is 1. The monoisotopic (exact) mass is 275 g/mol. The molecule has 2 aliphatic rings. The molecule has 0 bridgehead atoms. The van der Waals surface area contributed by atoms with Gasteiger partial charge in [0.25, 0.3) is 0 Å². The van der Waals surface area contributed by atoms with Crippen LogP contribution in [0, 0.1) is 5.92 Å². The minimum atomic E-state index is 0.122. The van der Waals surface area contributed by atoms with Crippen LogP contribution in [0.3, 0.4) is 0 Å². The summed E-state index contributed by atoms with van der Waals surface area (Å²) in [7, 11) is 0. The van der Waals surface area contributed by atoms with E-state index in [1.807, 2.05) is 18.2 Å². The summed E-state index contributed by atoms with van der Waals surface area (Å²) in [5.74, 6) is 1.50. The van der Waals surface area contributed by atoms with Crippen molar-refractivity contribution in [1.82, 2.24) is 4.90 Å². The summed E-state index contributed by atoms with van der Waals surface area (Å²) in [6.45, 7) is 4.27. The van der Waals surface area contributed by atoms with Gasteiger partial charge in [-0.05, 0) is 42.6 Å². The summed E-state index contributed by atoms with van der Waals surface area (Å²) in [6, 6.07) is 5.82. The van der Waals surface area contributed by atoms with Crippen molar-refractivity contribution in [3.8, 4) is 5.75 Å². The lowest BCUT2D eigenvalue weighted by molar-refractivity contribution is 0.0866. The molecular formula is C16H21NO3. The van der Waals surface area contributed by atoms with Crippen LogP contribution in [0.25, 0.3) is 0 Å². The van der Waals surface area contributed by atoms with Crippen LogP contribution in [0.5, 0.6) is 5.75 Å². The third kappa shape index (κ3) is 2.45. The molecule has 1 N–H and O–H groups in total. The van der Waals surface area contributed by atoms with Gasteiger partial charge in [-0.15, -0.1) is 0 Å². The molecular weight excluding hydrogens is 254 g/mol. The fourth-order valence-electron chi connectivity index (χ4n) is 3.22. The highest BCUT2D eigenvalue weighted by Gasteiger charge is 2.31. The smallest absolute Gasteiger partial charge is 0.176 e. The lowest BCUT2D eigenvalue weighted by Gasteiger charge is -2.24. The predicted octanol–water partition coefficient (Wildman–Crippen LogP) is 1.51. The number of carbonyl (C=O) groups excluding carboxylic acids is 1. The maximum atomic E-state index is 12.4. The van der Waals surface area contributed by atoms with Crippen LogP contribution in [0.2, 0.25) is 0 Å². The molecule has 1 aromatic rings. The predicted molar refractivity (Wildman–Crippen MR) is 76.2 cm³/mol. The van der Waals surface area contributed by atoms with Gasteiger partial charge in [-0.2, -0.15) is 0 Å². The van der Waals surface area contributed by atoms with E-state index in [1.54, 1.807) is 0 Å². The van der Waals surface area contributed by atoms with E-state index in [4.69, 9.17) is 4.74 Å². The van der Waals surface area contributed by atoms with Crippen molar-refractivity contribution in [3.05, 3.63) is 29.3 Å². The van der Waals surface area contributed by atoms with E-state index in [1.165, 1.54) is 0 Å². The normalized spacial score (nSPS) is 25.5. The first-order valence-corrected chi connectivity index (χ1v) is 7.33. The molecule has 0 amide bonds. The number of hydrogen-bond donors (Lipinski definition) is 1. The first kappa shape index (κ1) is 13.6. The molecule has 108 valence electrons. The molecule has 4 nitrogen and oxygen atoms in total. The number of hydrogen-bond acceptors (Lipinski definition) is 4. The van der Waals surface area contributed by atoms with Crippen molar-refractivity contribution in [2.45, 2.75) is 25.8 Å². The zero-order valence-corrected chi connectivity index (χ0v) is 11.8. The maximum Gasteiger partial charge on any atom is 0.176 e. The first-order chi connectivity index (χ1) is 9.69. The van der Waals surface area contributed by atoms with Crippen LogP contribution in [0.4, 0.5) is 0 Å². The van der Waals surface area contributed by atoms with E-state index < -0.39 is 0 Å². The topological polar surface area (TPSA) is 49.8 Å². The molecule has 20 heavy (non-hydrogen) atoms. The number of likely N-dealkylation sites (tertiary alicyclic amines) is 1. The van der Waals surface area contributed by atoms with Crippen LogP contribution in [-0.4, -0.2) is 48.1 Å². The largest absolute Gasteiger partial charge is 0.493 e. The van der Waals surface area contributed by atoms with Gasteiger partial charge in [-0.1, -0.05) is 6.92 Å². The Bertz CT molecular complexity index is 514. The molecule has 4 heteroatoms. The number of aliphatic hydroxyl groups is 1. The second kappa shape index (κ2) is 5.54. The second-order valence-corrected chi connectivity index (χ2v) is 5.83. The van der Waals surface area contributed by atoms with E-state index in [-0.39, 0.29) is 18.4 Å². The van der Waals surface area contributed by atoms with Gasteiger partial charge in [0.1, 0.15) is 5.75 Å². The van der Waals surface area contributed by atoms with E-state index in [2.05, 4.69) is 11.8 Å². The van der Waals surface area contributed by atoms with E-state index in [0.29, 0.717) is 19.1 Å². The van der Waals surface area contributed by atoms with Crippen molar-refractivity contribution < 1.29 is 14.6 Å². The SMILES string of the molecule is CC1CCN(CC(=O)c2ccc3c(c2)CCO3)C1CO. The van der Waals surface area contributed by atoms with Gasteiger partial charge in [0, 0.05) is 18.0 Å². The fraction of sp³-hybridized carbons (Fsp3) is 0.562. The number of aliphatic hydroxyl groups excluding tert-OH is 1. The van der Waals surface area contributed by atoms with Crippen molar-refractivity contribution in [2.24, 2.45) is 5.92 Å². The molecule has 2 atom stereocenters. The molecule has 0 aliphatic carbocycles. The van der Waals surface area contributed by atoms with E-state index in [0.717, 1.165) is 36.3 Å². The number of benzene rings is 1. The van der Waals surface area contributed by atoms with Crippen LogP contribution in [-0.2, 0) is 6.42 Å². The van der Waals surface area contributed by atoms with Gasteiger partial charge in [-0.3, -0.25) is 9.69 Å². The number of Topliss-reactive ketones (excluding diaryl/α,β-unsaturated/α-hetero) is 1. The average Bonchev–Trinajstić information content (AvgIpc) is 3.04. The minimum Gasteiger partial charge on any atom is -0.493 e. The number of rotatable bonds is 4. The lowest BCUT2D eigenvalue weighted by atomic mass is 10.0. The molecule has 0 saturated carbocycles. The van der Waals surface area contributed by atoms with Crippen LogP contribution in [0.1, 0.15) is 29.3 Å². The quantitative estimate of drug-likeness (QED) is 0.846. The molecule has 2 heterocycles. The summed E-state index contributed by atoms with van der Waals surface area (Å²) < 4.78 is 5.46. The number of ether oxygens (including phenoxy) is 1. The standard InChI is InChI=1S/C16H21NO3/c1-11-4-6-17(14(11)10-18)9-15(19)12-2-3-16-13(8-12)5-7-20-16/h2-3,8,11,14,18H,4-7,9-10H2,1H3. The van der Waals surface area contributed by atoms with E-state index >= 15 is 0 Å². The van der Waals surface area contributed by atoms with Crippen LogP contribution < -0.4 is 4.74 Å². The van der Waals surface area contributed by atoms with Crippen LogP contribution >= 0.6 is 0 Å². The molecule has 2 unspecified atom stereocenters. The number of carbonyl (C=O) groups is 1. The highest BCUT2D eigenvalue weighted by Crippen LogP contribution is 2.27. The molecule has 1 saturated heterocycles. The molecule has 1 aromatic carbocycles. The van der Waals surface area contributed by atoms with E-state index in [9.17, 15) is 9.90 Å². The summed E-state index contributed by atoms with van der Waals surface area (Å²) in [5, 5.41) is 9.45. The van der Waals surface area contributed by atoms with Gasteiger partial charge >= 0.3 is 0 Å². The number of nitrogens with zero attached hydrogens (tertiary/aromatic N) is 1. The molecule has 3 rings (SSSR count). The highest BCUT2D eigenvalue weighted by molar-refractivity contribution is 5.98. The Morgan fingerprint density at radius 1 is 1.50 bits per heavy atom. The van der Waals surface area contributed by atoms with Gasteiger partial charge < -0.3 is 9.84 Å². The van der Waals surface area contributed by atoms with Crippen molar-refractivity contribution >= 4 is 5.78 Å². The van der Waals surface area contributed by atoms with Crippen molar-refractivity contribution in [2.75, 3.05) is 26.3 Å². The van der Waals surface area contributed by atoms with Gasteiger partial charge in [-0.25, -0.2) is 0 Å². The van der Waals surface area contributed by atoms with Crippen molar-refractivity contribution in [1.29, 1.82) is 0 Å². The summed E-state index contributed by atoms with van der Waals surface area (Å²) in [6.07, 6.45) is 1.94. The third-order valence-corrected chi connectivity index (χ3v) is 4.54. The number of fused-ring (bicyclic) bond motifs is 1. The Morgan fingerprint density at radius 3 is 3.15 bits per heavy atom. The Balaban J connectivity index is 1.70. The zero-order chi connectivity index (χ0) is 14.1. The maximum absolute atomic E-state index is 12.4. The molecule has 1 fully saturated rings. The molecule has 0 aromatic heterocycles. The summed E-state index contributed by atoms with van der Waals surface area (Å²) >= 11 is 0. The third-order valence-electron chi connectivity index (χ3n) is 4.54. The van der Waals surface area contributed by atoms with Gasteiger partial charge in [0.2, 0.25) is 0 Å². The highest BCUT2D eigenvalue weighted by atomic mass is 16.5. The molecule has 0 spiro atoms. The summed E-state index contributed by atoms with van der Waals surface area (Å²) in [5.41, 5.74) is 1.88. The Labute approximate surface area is 119 Å². The van der Waals surface area contributed by atoms with Crippen molar-refractivity contribution in [3.63, 3.8) is 0 Å². The lowest BCUT2D eigenvalue weighted by Crippen LogP contribution is -2.38. The first-order valence-electron chi connectivity index (χ1n) is 7.33. The van der Waals surface area contributed by atoms with Gasteiger partial charge in [0.05, 0.1) is 19.8 Å².